The molecule has 4 nitrogen and oxygen atoms in total. The average molecular weight is 308 g/mol. The second-order valence-electron chi connectivity index (χ2n) is 4.92. The maximum atomic E-state index is 11.6. The van der Waals surface area contributed by atoms with Crippen molar-refractivity contribution in [3.8, 4) is 5.75 Å². The number of unbranched alkanes of at least 4 members (excludes halogenated alkanes) is 1. The first-order chi connectivity index (χ1) is 10.1. The monoisotopic (exact) mass is 308 g/mol. The summed E-state index contributed by atoms with van der Waals surface area (Å²) in [5.74, 6) is 0.759. The fraction of sp³-hybridized carbons (Fsp3) is 0.500. The smallest absolute Gasteiger partial charge is 0.226 e. The molecule has 2 N–H and O–H groups in total. The van der Waals surface area contributed by atoms with Crippen molar-refractivity contribution in [1.82, 2.24) is 10.6 Å². The maximum absolute atomic E-state index is 11.6. The van der Waals surface area contributed by atoms with Crippen LogP contribution in [0.25, 0.3) is 0 Å². The van der Waals surface area contributed by atoms with Gasteiger partial charge in [-0.15, -0.1) is 0 Å². The van der Waals surface area contributed by atoms with Gasteiger partial charge < -0.3 is 15.4 Å². The van der Waals surface area contributed by atoms with Crippen LogP contribution in [0.4, 0.5) is 0 Å². The van der Waals surface area contributed by atoms with Crippen LogP contribution in [0, 0.1) is 6.92 Å². The minimum Gasteiger partial charge on any atom is -0.494 e. The van der Waals surface area contributed by atoms with Crippen molar-refractivity contribution in [2.75, 3.05) is 13.2 Å². The zero-order chi connectivity index (χ0) is 15.5. The Morgan fingerprint density at radius 1 is 1.24 bits per heavy atom. The molecule has 1 rings (SSSR count). The lowest BCUT2D eigenvalue weighted by Gasteiger charge is -2.09. The number of hydrogen-bond donors (Lipinski definition) is 2. The van der Waals surface area contributed by atoms with Crippen LogP contribution in [0.2, 0.25) is 0 Å². The Bertz CT molecular complexity index is 446. The Morgan fingerprint density at radius 2 is 1.95 bits per heavy atom. The van der Waals surface area contributed by atoms with Gasteiger partial charge in [0.15, 0.2) is 5.11 Å². The van der Waals surface area contributed by atoms with E-state index >= 15 is 0 Å². The molecular formula is C16H24N2O2S. The quantitative estimate of drug-likeness (QED) is 0.573. The molecular weight excluding hydrogens is 284 g/mol. The lowest BCUT2D eigenvalue weighted by Crippen LogP contribution is -2.39. The molecule has 0 aliphatic carbocycles. The molecule has 0 radical (unpaired) electrons. The standard InChI is InChI=1S/C16H24N2O2S/c1-3-4-11-17-16(21)18-15(19)6-5-12-20-14-9-7-13(2)8-10-14/h7-10H,3-6,11-12H2,1-2H3,(H2,17,18,19,21). The van der Waals surface area contributed by atoms with E-state index in [0.717, 1.165) is 25.1 Å². The molecule has 116 valence electrons. The Labute approximate surface area is 132 Å². The van der Waals surface area contributed by atoms with E-state index in [-0.39, 0.29) is 5.91 Å². The van der Waals surface area contributed by atoms with Crippen LogP contribution in [0.3, 0.4) is 0 Å². The normalized spacial score (nSPS) is 10.0. The van der Waals surface area contributed by atoms with Crippen molar-refractivity contribution in [2.45, 2.75) is 39.5 Å². The number of hydrogen-bond acceptors (Lipinski definition) is 3. The Hall–Kier alpha value is -1.62. The van der Waals surface area contributed by atoms with Crippen LogP contribution >= 0.6 is 12.2 Å². The summed E-state index contributed by atoms with van der Waals surface area (Å²) in [6, 6.07) is 7.87. The molecule has 0 heterocycles. The second-order valence-corrected chi connectivity index (χ2v) is 5.33. The van der Waals surface area contributed by atoms with Crippen LogP contribution in [0.5, 0.6) is 5.75 Å². The summed E-state index contributed by atoms with van der Waals surface area (Å²) >= 11 is 5.04. The minimum atomic E-state index is -0.0727. The number of nitrogens with one attached hydrogen (secondary N) is 2. The molecule has 5 heteroatoms. The molecule has 0 fully saturated rings. The van der Waals surface area contributed by atoms with Crippen LogP contribution in [0.15, 0.2) is 24.3 Å². The summed E-state index contributed by atoms with van der Waals surface area (Å²) in [5, 5.41) is 6.09. The predicted molar refractivity (Wildman–Crippen MR) is 89.6 cm³/mol. The summed E-state index contributed by atoms with van der Waals surface area (Å²) in [6.45, 7) is 5.46. The fourth-order valence-electron chi connectivity index (χ4n) is 1.67. The molecule has 1 aromatic carbocycles. The number of amides is 1. The number of rotatable bonds is 8. The first kappa shape index (κ1) is 17.4. The average Bonchev–Trinajstić information content (AvgIpc) is 2.46. The van der Waals surface area contributed by atoms with Gasteiger partial charge >= 0.3 is 0 Å². The third kappa shape index (κ3) is 8.30. The molecule has 0 bridgehead atoms. The van der Waals surface area contributed by atoms with Crippen LogP contribution in [-0.4, -0.2) is 24.2 Å². The molecule has 0 unspecified atom stereocenters. The number of thiocarbonyl (C=S) groups is 1. The van der Waals surface area contributed by atoms with Gasteiger partial charge in [0.05, 0.1) is 6.61 Å². The van der Waals surface area contributed by atoms with E-state index in [9.17, 15) is 4.79 Å². The number of aryl methyl sites for hydroxylation is 1. The van der Waals surface area contributed by atoms with E-state index in [1.807, 2.05) is 31.2 Å². The highest BCUT2D eigenvalue weighted by atomic mass is 32.1. The minimum absolute atomic E-state index is 0.0727. The highest BCUT2D eigenvalue weighted by Gasteiger charge is 2.04. The second kappa shape index (κ2) is 10.2. The summed E-state index contributed by atoms with van der Waals surface area (Å²) in [5.41, 5.74) is 1.20. The lowest BCUT2D eigenvalue weighted by molar-refractivity contribution is -0.119. The van der Waals surface area contributed by atoms with E-state index in [1.54, 1.807) is 0 Å². The summed E-state index contributed by atoms with van der Waals surface area (Å²) in [6.07, 6.45) is 3.21. The van der Waals surface area contributed by atoms with Gasteiger partial charge in [-0.05, 0) is 44.1 Å². The van der Waals surface area contributed by atoms with Gasteiger partial charge in [-0.3, -0.25) is 4.79 Å². The first-order valence-electron chi connectivity index (χ1n) is 7.39. The first-order valence-corrected chi connectivity index (χ1v) is 7.79. The topological polar surface area (TPSA) is 50.4 Å². The Balaban J connectivity index is 2.10. The summed E-state index contributed by atoms with van der Waals surface area (Å²) in [7, 11) is 0. The summed E-state index contributed by atoms with van der Waals surface area (Å²) < 4.78 is 5.57. The Morgan fingerprint density at radius 3 is 2.62 bits per heavy atom. The van der Waals surface area contributed by atoms with Crippen LogP contribution in [-0.2, 0) is 4.79 Å². The number of carbonyl (C=O) groups is 1. The van der Waals surface area contributed by atoms with E-state index in [0.29, 0.717) is 24.6 Å². The van der Waals surface area contributed by atoms with Crippen molar-refractivity contribution in [2.24, 2.45) is 0 Å². The van der Waals surface area contributed by atoms with Crippen molar-refractivity contribution in [3.63, 3.8) is 0 Å². The predicted octanol–water partition coefficient (Wildman–Crippen LogP) is 2.94. The number of ether oxygens (including phenoxy) is 1. The maximum Gasteiger partial charge on any atom is 0.226 e. The summed E-state index contributed by atoms with van der Waals surface area (Å²) in [4.78, 5) is 11.6. The zero-order valence-electron chi connectivity index (χ0n) is 12.8. The van der Waals surface area contributed by atoms with Gasteiger partial charge in [0, 0.05) is 13.0 Å². The zero-order valence-corrected chi connectivity index (χ0v) is 13.6. The molecule has 0 aliphatic rings. The largest absolute Gasteiger partial charge is 0.494 e. The third-order valence-electron chi connectivity index (χ3n) is 2.91. The van der Waals surface area contributed by atoms with Gasteiger partial charge in [0.2, 0.25) is 5.91 Å². The van der Waals surface area contributed by atoms with Crippen molar-refractivity contribution in [3.05, 3.63) is 29.8 Å². The third-order valence-corrected chi connectivity index (χ3v) is 3.15. The van der Waals surface area contributed by atoms with Gasteiger partial charge in [-0.2, -0.15) is 0 Å². The Kier molecular flexibility index (Phi) is 8.43. The number of benzene rings is 1. The molecule has 0 atom stereocenters. The lowest BCUT2D eigenvalue weighted by atomic mass is 10.2. The molecule has 21 heavy (non-hydrogen) atoms. The fourth-order valence-corrected chi connectivity index (χ4v) is 1.89. The van der Waals surface area contributed by atoms with E-state index in [2.05, 4.69) is 17.6 Å². The molecule has 0 saturated heterocycles. The highest BCUT2D eigenvalue weighted by molar-refractivity contribution is 7.80. The highest BCUT2D eigenvalue weighted by Crippen LogP contribution is 2.11. The molecule has 0 aliphatic heterocycles. The van der Waals surface area contributed by atoms with Crippen LogP contribution in [0.1, 0.15) is 38.2 Å². The van der Waals surface area contributed by atoms with Gasteiger partial charge in [-0.25, -0.2) is 0 Å². The van der Waals surface area contributed by atoms with Crippen molar-refractivity contribution >= 4 is 23.2 Å². The van der Waals surface area contributed by atoms with E-state index in [1.165, 1.54) is 5.56 Å². The van der Waals surface area contributed by atoms with Gasteiger partial charge in [-0.1, -0.05) is 31.0 Å². The van der Waals surface area contributed by atoms with Gasteiger partial charge in [0.25, 0.3) is 0 Å². The van der Waals surface area contributed by atoms with Crippen LogP contribution < -0.4 is 15.4 Å². The molecule has 1 aromatic rings. The molecule has 0 spiro atoms. The molecule has 1 amide bonds. The van der Waals surface area contributed by atoms with Gasteiger partial charge in [0.1, 0.15) is 5.75 Å². The SMILES string of the molecule is CCCCNC(=S)NC(=O)CCCOc1ccc(C)cc1. The molecule has 0 aromatic heterocycles. The molecule has 0 saturated carbocycles. The van der Waals surface area contributed by atoms with E-state index < -0.39 is 0 Å². The van der Waals surface area contributed by atoms with Crippen molar-refractivity contribution in [1.29, 1.82) is 0 Å². The number of carbonyl (C=O) groups excluding carboxylic acids is 1. The van der Waals surface area contributed by atoms with E-state index in [4.69, 9.17) is 17.0 Å². The van der Waals surface area contributed by atoms with Crippen molar-refractivity contribution < 1.29 is 9.53 Å².